The zero-order valence-corrected chi connectivity index (χ0v) is 10.6. The molecule has 1 aromatic carbocycles. The topological polar surface area (TPSA) is 69.6 Å². The average Bonchev–Trinajstić information content (AvgIpc) is 2.26. The molecule has 1 amide bonds. The van der Waals surface area contributed by atoms with Crippen LogP contribution in [0.1, 0.15) is 21.5 Å². The molecule has 5 heteroatoms. The van der Waals surface area contributed by atoms with E-state index in [2.05, 4.69) is 5.43 Å². The van der Waals surface area contributed by atoms with Gasteiger partial charge in [-0.2, -0.15) is 0 Å². The largest absolute Gasteiger partial charge is 0.478 e. The van der Waals surface area contributed by atoms with Crippen molar-refractivity contribution >= 4 is 18.0 Å². The molecule has 0 spiro atoms. The Kier molecular flexibility index (Phi) is 4.62. The fourth-order valence-electron chi connectivity index (χ4n) is 1.43. The molecule has 18 heavy (non-hydrogen) atoms. The summed E-state index contributed by atoms with van der Waals surface area (Å²) in [7, 11) is 3.46. The van der Waals surface area contributed by atoms with Crippen LogP contribution in [0.5, 0.6) is 0 Å². The number of carboxylic acid groups (broad SMARTS) is 1. The Morgan fingerprint density at radius 2 is 2.00 bits per heavy atom. The monoisotopic (exact) mass is 248 g/mol. The Morgan fingerprint density at radius 1 is 1.33 bits per heavy atom. The standard InChI is InChI=1S/C13H16N2O3/c1-9-8-11(13(18)14-15(2)3)5-4-10(9)6-7-12(16)17/h4-8H,1-3H3,(H,14,18)(H,16,17)/b7-6+. The molecular formula is C13H16N2O3. The van der Waals surface area contributed by atoms with E-state index in [-0.39, 0.29) is 5.91 Å². The summed E-state index contributed by atoms with van der Waals surface area (Å²) in [5, 5.41) is 10.1. The molecule has 0 heterocycles. The van der Waals surface area contributed by atoms with Gasteiger partial charge in [0.05, 0.1) is 0 Å². The lowest BCUT2D eigenvalue weighted by Crippen LogP contribution is -2.36. The van der Waals surface area contributed by atoms with Gasteiger partial charge in [0.15, 0.2) is 0 Å². The number of amides is 1. The predicted octanol–water partition coefficient (Wildman–Crippen LogP) is 1.30. The van der Waals surface area contributed by atoms with Crippen LogP contribution < -0.4 is 5.43 Å². The van der Waals surface area contributed by atoms with Gasteiger partial charge in [0.2, 0.25) is 0 Å². The van der Waals surface area contributed by atoms with Crippen molar-refractivity contribution in [2.24, 2.45) is 0 Å². The molecule has 0 radical (unpaired) electrons. The molecule has 5 nitrogen and oxygen atoms in total. The second-order valence-electron chi connectivity index (χ2n) is 4.08. The minimum Gasteiger partial charge on any atom is -0.478 e. The lowest BCUT2D eigenvalue weighted by atomic mass is 10.0. The van der Waals surface area contributed by atoms with Crippen molar-refractivity contribution in [1.29, 1.82) is 0 Å². The normalized spacial score (nSPS) is 10.9. The van der Waals surface area contributed by atoms with Crippen LogP contribution in [0, 0.1) is 6.92 Å². The number of hydrogen-bond acceptors (Lipinski definition) is 3. The van der Waals surface area contributed by atoms with Gasteiger partial charge < -0.3 is 5.11 Å². The van der Waals surface area contributed by atoms with Crippen molar-refractivity contribution in [2.75, 3.05) is 14.1 Å². The lowest BCUT2D eigenvalue weighted by molar-refractivity contribution is -0.131. The molecule has 0 aliphatic heterocycles. The first-order valence-electron chi connectivity index (χ1n) is 5.40. The van der Waals surface area contributed by atoms with Crippen molar-refractivity contribution in [3.8, 4) is 0 Å². The molecule has 2 N–H and O–H groups in total. The summed E-state index contributed by atoms with van der Waals surface area (Å²) in [5.41, 5.74) is 4.80. The molecule has 0 saturated heterocycles. The quantitative estimate of drug-likeness (QED) is 0.622. The zero-order valence-electron chi connectivity index (χ0n) is 10.6. The molecule has 96 valence electrons. The third-order valence-corrected chi connectivity index (χ3v) is 2.26. The van der Waals surface area contributed by atoms with Gasteiger partial charge in [-0.1, -0.05) is 6.07 Å². The summed E-state index contributed by atoms with van der Waals surface area (Å²) in [6.07, 6.45) is 2.58. The van der Waals surface area contributed by atoms with E-state index in [1.807, 2.05) is 6.92 Å². The molecule has 0 aliphatic rings. The summed E-state index contributed by atoms with van der Waals surface area (Å²) < 4.78 is 0. The van der Waals surface area contributed by atoms with E-state index >= 15 is 0 Å². The summed E-state index contributed by atoms with van der Waals surface area (Å²) >= 11 is 0. The highest BCUT2D eigenvalue weighted by Crippen LogP contribution is 2.13. The minimum atomic E-state index is -0.996. The van der Waals surface area contributed by atoms with Crippen LogP contribution in [0.3, 0.4) is 0 Å². The van der Waals surface area contributed by atoms with E-state index in [9.17, 15) is 9.59 Å². The van der Waals surface area contributed by atoms with E-state index in [4.69, 9.17) is 5.11 Å². The van der Waals surface area contributed by atoms with Gasteiger partial charge in [-0.15, -0.1) is 0 Å². The molecule has 0 atom stereocenters. The number of aryl methyl sites for hydroxylation is 1. The maximum Gasteiger partial charge on any atom is 0.328 e. The molecule has 1 rings (SSSR count). The van der Waals surface area contributed by atoms with Crippen LogP contribution >= 0.6 is 0 Å². The van der Waals surface area contributed by atoms with Gasteiger partial charge >= 0.3 is 5.97 Å². The predicted molar refractivity (Wildman–Crippen MR) is 69.0 cm³/mol. The molecule has 0 bridgehead atoms. The Labute approximate surface area is 106 Å². The number of benzene rings is 1. The van der Waals surface area contributed by atoms with Gasteiger partial charge in [0.1, 0.15) is 0 Å². The highest BCUT2D eigenvalue weighted by Gasteiger charge is 2.07. The molecule has 0 aromatic heterocycles. The Morgan fingerprint density at radius 3 is 2.50 bits per heavy atom. The first-order valence-corrected chi connectivity index (χ1v) is 5.40. The number of hydrogen-bond donors (Lipinski definition) is 2. The maximum atomic E-state index is 11.7. The van der Waals surface area contributed by atoms with Crippen LogP contribution in [-0.2, 0) is 4.79 Å². The number of hydrazine groups is 1. The first kappa shape index (κ1) is 13.9. The van der Waals surface area contributed by atoms with Crippen LogP contribution in [0.25, 0.3) is 6.08 Å². The molecule has 1 aromatic rings. The van der Waals surface area contributed by atoms with Crippen molar-refractivity contribution < 1.29 is 14.7 Å². The smallest absolute Gasteiger partial charge is 0.328 e. The first-order chi connectivity index (χ1) is 8.40. The van der Waals surface area contributed by atoms with Crippen molar-refractivity contribution in [3.63, 3.8) is 0 Å². The molecule has 0 aliphatic carbocycles. The van der Waals surface area contributed by atoms with E-state index in [0.29, 0.717) is 5.56 Å². The van der Waals surface area contributed by atoms with Crippen LogP contribution in [-0.4, -0.2) is 36.1 Å². The summed E-state index contributed by atoms with van der Waals surface area (Å²) in [6.45, 7) is 1.83. The number of carboxylic acids is 1. The molecule has 0 unspecified atom stereocenters. The van der Waals surface area contributed by atoms with Crippen molar-refractivity contribution in [3.05, 3.63) is 41.0 Å². The average molecular weight is 248 g/mol. The Balaban J connectivity index is 2.92. The Bertz CT molecular complexity index is 493. The minimum absolute atomic E-state index is 0.197. The summed E-state index contributed by atoms with van der Waals surface area (Å²) in [5.74, 6) is -1.19. The highest BCUT2D eigenvalue weighted by molar-refractivity contribution is 5.94. The molecular weight excluding hydrogens is 232 g/mol. The van der Waals surface area contributed by atoms with Crippen LogP contribution in [0.2, 0.25) is 0 Å². The number of nitrogens with one attached hydrogen (secondary N) is 1. The number of carbonyl (C=O) groups is 2. The second-order valence-corrected chi connectivity index (χ2v) is 4.08. The van der Waals surface area contributed by atoms with Crippen molar-refractivity contribution in [2.45, 2.75) is 6.92 Å². The van der Waals surface area contributed by atoms with Gasteiger partial charge in [-0.25, -0.2) is 9.80 Å². The van der Waals surface area contributed by atoms with Crippen LogP contribution in [0.15, 0.2) is 24.3 Å². The zero-order chi connectivity index (χ0) is 13.7. The van der Waals surface area contributed by atoms with E-state index in [1.54, 1.807) is 37.3 Å². The maximum absolute atomic E-state index is 11.7. The fraction of sp³-hybridized carbons (Fsp3) is 0.231. The number of nitrogens with zero attached hydrogens (tertiary/aromatic N) is 1. The van der Waals surface area contributed by atoms with Gasteiger partial charge in [0.25, 0.3) is 5.91 Å². The van der Waals surface area contributed by atoms with Gasteiger partial charge in [-0.05, 0) is 36.3 Å². The second kappa shape index (κ2) is 5.97. The number of aliphatic carboxylic acids is 1. The van der Waals surface area contributed by atoms with Gasteiger partial charge in [0, 0.05) is 25.7 Å². The fourth-order valence-corrected chi connectivity index (χ4v) is 1.43. The Hall–Kier alpha value is -2.14. The van der Waals surface area contributed by atoms with Crippen LogP contribution in [0.4, 0.5) is 0 Å². The SMILES string of the molecule is Cc1cc(C(=O)NN(C)C)ccc1/C=C/C(=O)O. The van der Waals surface area contributed by atoms with Crippen molar-refractivity contribution in [1.82, 2.24) is 10.4 Å². The summed E-state index contributed by atoms with van der Waals surface area (Å²) in [4.78, 5) is 22.1. The van der Waals surface area contributed by atoms with E-state index in [1.165, 1.54) is 6.08 Å². The van der Waals surface area contributed by atoms with E-state index in [0.717, 1.165) is 17.2 Å². The molecule has 0 fully saturated rings. The summed E-state index contributed by atoms with van der Waals surface area (Å²) in [6, 6.07) is 5.10. The van der Waals surface area contributed by atoms with Gasteiger partial charge in [-0.3, -0.25) is 10.2 Å². The molecule has 0 saturated carbocycles. The van der Waals surface area contributed by atoms with E-state index < -0.39 is 5.97 Å². The number of carbonyl (C=O) groups excluding carboxylic acids is 1. The third-order valence-electron chi connectivity index (χ3n) is 2.26. The third kappa shape index (κ3) is 4.03. The number of rotatable bonds is 4. The highest BCUT2D eigenvalue weighted by atomic mass is 16.4. The lowest BCUT2D eigenvalue weighted by Gasteiger charge is -2.12.